The summed E-state index contributed by atoms with van der Waals surface area (Å²) in [4.78, 5) is 6.72. The second kappa shape index (κ2) is 9.28. The van der Waals surface area contributed by atoms with Gasteiger partial charge in [-0.1, -0.05) is 5.16 Å². The summed E-state index contributed by atoms with van der Waals surface area (Å²) in [5.74, 6) is -1.68. The lowest BCUT2D eigenvalue weighted by molar-refractivity contribution is -0.142. The van der Waals surface area contributed by atoms with Gasteiger partial charge in [-0.25, -0.2) is 8.78 Å². The van der Waals surface area contributed by atoms with Gasteiger partial charge in [0, 0.05) is 18.2 Å². The van der Waals surface area contributed by atoms with Crippen molar-refractivity contribution in [2.24, 2.45) is 5.16 Å². The van der Waals surface area contributed by atoms with Crippen LogP contribution >= 0.6 is 7.60 Å². The second-order valence-electron chi connectivity index (χ2n) is 6.26. The molecule has 0 fully saturated rings. The molecule has 0 amide bonds. The molecule has 0 radical (unpaired) electrons. The Morgan fingerprint density at radius 1 is 1.25 bits per heavy atom. The molecule has 2 N–H and O–H groups in total. The zero-order valence-corrected chi connectivity index (χ0v) is 16.9. The Morgan fingerprint density at radius 3 is 2.29 bits per heavy atom. The number of β-amino-alcohol motifs (C(OH)–C–C–N with tert-alkyl or cyclic N) is 1. The second-order valence-corrected chi connectivity index (χ2v) is 8.32. The maximum Gasteiger partial charge on any atom is 0.338 e. The summed E-state index contributed by atoms with van der Waals surface area (Å²) < 4.78 is 51.0. The minimum atomic E-state index is -3.59. The average Bonchev–Trinajstić information content (AvgIpc) is 2.92. The van der Waals surface area contributed by atoms with E-state index in [0.717, 1.165) is 12.1 Å². The predicted octanol–water partition coefficient (Wildman–Crippen LogP) is 2.40. The third-order valence-electron chi connectivity index (χ3n) is 4.01. The van der Waals surface area contributed by atoms with Crippen molar-refractivity contribution in [3.8, 4) is 0 Å². The van der Waals surface area contributed by atoms with E-state index >= 15 is 0 Å². The highest BCUT2D eigenvalue weighted by Crippen LogP contribution is 2.50. The number of hydrogen-bond donors (Lipinski definition) is 2. The molecule has 28 heavy (non-hydrogen) atoms. The van der Waals surface area contributed by atoms with E-state index in [9.17, 15) is 23.6 Å². The van der Waals surface area contributed by atoms with E-state index < -0.39 is 37.7 Å². The highest BCUT2D eigenvalue weighted by Gasteiger charge is 2.50. The molecule has 1 heterocycles. The van der Waals surface area contributed by atoms with Crippen LogP contribution in [0.3, 0.4) is 0 Å². The van der Waals surface area contributed by atoms with Crippen LogP contribution in [0.25, 0.3) is 0 Å². The molecule has 0 aliphatic carbocycles. The van der Waals surface area contributed by atoms with Crippen LogP contribution in [0.1, 0.15) is 26.3 Å². The fourth-order valence-corrected chi connectivity index (χ4v) is 4.57. The molecular weight excluding hydrogens is 397 g/mol. The first-order valence-corrected chi connectivity index (χ1v) is 10.6. The van der Waals surface area contributed by atoms with Crippen LogP contribution in [0.5, 0.6) is 0 Å². The predicted molar refractivity (Wildman–Crippen MR) is 97.8 cm³/mol. The highest BCUT2D eigenvalue weighted by molar-refractivity contribution is 7.54. The van der Waals surface area contributed by atoms with Crippen LogP contribution in [0.15, 0.2) is 23.4 Å². The van der Waals surface area contributed by atoms with Gasteiger partial charge in [0.2, 0.25) is 0 Å². The molecule has 1 aliphatic rings. The van der Waals surface area contributed by atoms with E-state index in [1.165, 1.54) is 11.8 Å². The Labute approximate surface area is 162 Å². The SMILES string of the molecule is CCOP(=O)(CC1=NO[C@](CO)(c2cc(F)cc(F)c2)N1C[C@@H](C)O)OCC. The Bertz CT molecular complexity index is 733. The summed E-state index contributed by atoms with van der Waals surface area (Å²) in [6, 6.07) is 2.68. The number of nitrogens with zero attached hydrogens (tertiary/aromatic N) is 2. The van der Waals surface area contributed by atoms with Crippen molar-refractivity contribution in [3.05, 3.63) is 35.4 Å². The third-order valence-corrected chi connectivity index (χ3v) is 5.98. The molecule has 0 spiro atoms. The van der Waals surface area contributed by atoms with Gasteiger partial charge in [-0.15, -0.1) is 0 Å². The normalized spacial score (nSPS) is 20.8. The molecule has 1 aromatic rings. The molecule has 2 atom stereocenters. The number of rotatable bonds is 10. The van der Waals surface area contributed by atoms with Gasteiger partial charge in [-0.3, -0.25) is 4.57 Å². The lowest BCUT2D eigenvalue weighted by Crippen LogP contribution is -2.52. The van der Waals surface area contributed by atoms with E-state index in [2.05, 4.69) is 5.16 Å². The van der Waals surface area contributed by atoms with E-state index in [-0.39, 0.29) is 37.3 Å². The Hall–Kier alpha value is -1.58. The molecule has 1 aliphatic heterocycles. The number of aliphatic hydroxyl groups excluding tert-OH is 2. The fourth-order valence-electron chi connectivity index (χ4n) is 2.96. The average molecular weight is 422 g/mol. The first-order valence-electron chi connectivity index (χ1n) is 8.86. The summed E-state index contributed by atoms with van der Waals surface area (Å²) >= 11 is 0. The van der Waals surface area contributed by atoms with Gasteiger partial charge in [0.1, 0.15) is 24.4 Å². The maximum absolute atomic E-state index is 13.8. The van der Waals surface area contributed by atoms with Crippen LogP contribution < -0.4 is 0 Å². The zero-order chi connectivity index (χ0) is 20.9. The zero-order valence-electron chi connectivity index (χ0n) is 16.0. The van der Waals surface area contributed by atoms with Gasteiger partial charge in [-0.2, -0.15) is 0 Å². The molecule has 1 aromatic carbocycles. The Kier molecular flexibility index (Phi) is 7.52. The summed E-state index contributed by atoms with van der Waals surface area (Å²) in [6.45, 7) is 4.19. The largest absolute Gasteiger partial charge is 0.392 e. The molecule has 11 heteroatoms. The van der Waals surface area contributed by atoms with E-state index in [1.54, 1.807) is 13.8 Å². The fraction of sp³-hybridized carbons (Fsp3) is 0.588. The lowest BCUT2D eigenvalue weighted by atomic mass is 10.0. The Balaban J connectivity index is 2.45. The number of oxime groups is 1. The van der Waals surface area contributed by atoms with E-state index in [4.69, 9.17) is 13.9 Å². The molecule has 0 bridgehead atoms. The first kappa shape index (κ1) is 22.7. The standard InChI is InChI=1S/C17H25F2N2O6P/c1-4-25-28(24,26-5-2)10-16-20-27-17(11-22,21(16)9-12(3)23)13-6-14(18)8-15(19)7-13/h6-8,12,22-23H,4-5,9-11H2,1-3H3/t12-,17-/m1/s1. The van der Waals surface area contributed by atoms with Gasteiger partial charge in [0.15, 0.2) is 5.84 Å². The molecule has 8 nitrogen and oxygen atoms in total. The molecule has 0 aromatic heterocycles. The summed E-state index contributed by atoms with van der Waals surface area (Å²) in [5.41, 5.74) is -1.84. The third kappa shape index (κ3) is 4.87. The molecule has 0 saturated carbocycles. The number of aliphatic hydroxyl groups is 2. The number of benzene rings is 1. The van der Waals surface area contributed by atoms with Crippen molar-refractivity contribution in [1.82, 2.24) is 4.90 Å². The maximum atomic E-state index is 13.8. The summed E-state index contributed by atoms with van der Waals surface area (Å²) in [6.07, 6.45) is -1.23. The molecular formula is C17H25F2N2O6P. The Morgan fingerprint density at radius 2 is 1.82 bits per heavy atom. The topological polar surface area (TPSA) is 101 Å². The number of halogens is 2. The van der Waals surface area contributed by atoms with Crippen molar-refractivity contribution >= 4 is 13.4 Å². The van der Waals surface area contributed by atoms with Gasteiger partial charge in [0.25, 0.3) is 5.72 Å². The quantitative estimate of drug-likeness (QED) is 0.559. The van der Waals surface area contributed by atoms with Crippen LogP contribution in [0.2, 0.25) is 0 Å². The van der Waals surface area contributed by atoms with Crippen molar-refractivity contribution in [1.29, 1.82) is 0 Å². The lowest BCUT2D eigenvalue weighted by Gasteiger charge is -2.37. The van der Waals surface area contributed by atoms with E-state index in [1.807, 2.05) is 0 Å². The van der Waals surface area contributed by atoms with Crippen LogP contribution in [-0.2, 0) is 24.2 Å². The van der Waals surface area contributed by atoms with Crippen molar-refractivity contribution in [2.45, 2.75) is 32.6 Å². The van der Waals surface area contributed by atoms with Crippen molar-refractivity contribution in [3.63, 3.8) is 0 Å². The van der Waals surface area contributed by atoms with E-state index in [0.29, 0.717) is 6.07 Å². The molecule has 2 rings (SSSR count). The van der Waals surface area contributed by atoms with Crippen molar-refractivity contribution < 1.29 is 37.4 Å². The van der Waals surface area contributed by atoms with Gasteiger partial charge in [-0.05, 0) is 32.9 Å². The monoisotopic (exact) mass is 422 g/mol. The molecule has 0 unspecified atom stereocenters. The number of amidine groups is 1. The van der Waals surface area contributed by atoms with Crippen LogP contribution in [-0.4, -0.2) is 59.6 Å². The summed E-state index contributed by atoms with van der Waals surface area (Å²) in [7, 11) is -3.59. The molecule has 158 valence electrons. The van der Waals surface area contributed by atoms with Crippen LogP contribution in [0.4, 0.5) is 8.78 Å². The van der Waals surface area contributed by atoms with Crippen molar-refractivity contribution in [2.75, 3.05) is 32.5 Å². The first-order chi connectivity index (χ1) is 13.2. The minimum absolute atomic E-state index is 0.0467. The van der Waals surface area contributed by atoms with Gasteiger partial charge >= 0.3 is 7.60 Å². The highest BCUT2D eigenvalue weighted by atomic mass is 31.2. The molecule has 0 saturated heterocycles. The van der Waals surface area contributed by atoms with Crippen LogP contribution in [0, 0.1) is 11.6 Å². The number of hydrogen-bond acceptors (Lipinski definition) is 8. The van der Waals surface area contributed by atoms with Gasteiger partial charge < -0.3 is 29.0 Å². The minimum Gasteiger partial charge on any atom is -0.392 e. The smallest absolute Gasteiger partial charge is 0.338 e. The summed E-state index contributed by atoms with van der Waals surface area (Å²) in [5, 5.41) is 23.8. The van der Waals surface area contributed by atoms with Gasteiger partial charge in [0.05, 0.1) is 19.3 Å².